The van der Waals surface area contributed by atoms with E-state index in [4.69, 9.17) is 4.74 Å². The van der Waals surface area contributed by atoms with Crippen LogP contribution < -0.4 is 10.1 Å². The monoisotopic (exact) mass is 292 g/mol. The number of pyridine rings is 1. The van der Waals surface area contributed by atoms with Gasteiger partial charge in [0.1, 0.15) is 0 Å². The maximum atomic E-state index is 10.7. The van der Waals surface area contributed by atoms with Gasteiger partial charge in [0.15, 0.2) is 11.6 Å². The van der Waals surface area contributed by atoms with Crippen LogP contribution in [0.4, 0.5) is 5.82 Å². The van der Waals surface area contributed by atoms with Gasteiger partial charge in [-0.05, 0) is 49.7 Å². The number of hydrogen-bond acceptors (Lipinski definition) is 4. The normalized spacial score (nSPS) is 20.0. The third-order valence-corrected chi connectivity index (χ3v) is 4.35. The zero-order valence-electron chi connectivity index (χ0n) is 13.5. The summed E-state index contributed by atoms with van der Waals surface area (Å²) in [5.74, 6) is 1.49. The lowest BCUT2D eigenvalue weighted by Crippen LogP contribution is -2.42. The van der Waals surface area contributed by atoms with Gasteiger partial charge in [0, 0.05) is 12.7 Å². The quantitative estimate of drug-likeness (QED) is 0.841. The lowest BCUT2D eigenvalue weighted by Gasteiger charge is -2.40. The molecule has 4 heteroatoms. The molecule has 1 aromatic heterocycles. The number of aliphatic hydroxyl groups is 1. The highest BCUT2D eigenvalue weighted by molar-refractivity contribution is 5.49. The van der Waals surface area contributed by atoms with Crippen molar-refractivity contribution in [3.05, 3.63) is 18.3 Å². The first-order valence-corrected chi connectivity index (χ1v) is 7.98. The molecule has 2 rings (SSSR count). The topological polar surface area (TPSA) is 54.4 Å². The number of nitrogens with zero attached hydrogens (tertiary/aromatic N) is 1. The average Bonchev–Trinajstić information content (AvgIpc) is 2.48. The molecule has 0 atom stereocenters. The molecule has 0 unspecified atom stereocenters. The van der Waals surface area contributed by atoms with Crippen molar-refractivity contribution >= 4 is 5.82 Å². The fraction of sp³-hybridized carbons (Fsp3) is 0.706. The van der Waals surface area contributed by atoms with Crippen molar-refractivity contribution in [2.24, 2.45) is 5.41 Å². The summed E-state index contributed by atoms with van der Waals surface area (Å²) in [5.41, 5.74) is -0.276. The van der Waals surface area contributed by atoms with E-state index in [2.05, 4.69) is 31.1 Å². The lowest BCUT2D eigenvalue weighted by atomic mass is 9.71. The van der Waals surface area contributed by atoms with E-state index in [-0.39, 0.29) is 0 Å². The molecule has 21 heavy (non-hydrogen) atoms. The van der Waals surface area contributed by atoms with Crippen LogP contribution in [0.25, 0.3) is 0 Å². The Bertz CT molecular complexity index is 450. The first-order valence-electron chi connectivity index (χ1n) is 7.98. The van der Waals surface area contributed by atoms with Gasteiger partial charge in [-0.15, -0.1) is 0 Å². The Morgan fingerprint density at radius 1 is 1.29 bits per heavy atom. The van der Waals surface area contributed by atoms with Gasteiger partial charge in [0.2, 0.25) is 0 Å². The molecule has 1 heterocycles. The fourth-order valence-corrected chi connectivity index (χ4v) is 2.67. The second-order valence-corrected chi connectivity index (χ2v) is 6.94. The highest BCUT2D eigenvalue weighted by Crippen LogP contribution is 2.40. The molecule has 2 N–H and O–H groups in total. The number of aromatic nitrogens is 1. The molecular formula is C17H28N2O2. The molecule has 0 saturated heterocycles. The predicted molar refractivity (Wildman–Crippen MR) is 85.7 cm³/mol. The highest BCUT2D eigenvalue weighted by atomic mass is 16.5. The molecular weight excluding hydrogens is 264 g/mol. The van der Waals surface area contributed by atoms with Gasteiger partial charge in [-0.2, -0.15) is 0 Å². The maximum absolute atomic E-state index is 10.7. The van der Waals surface area contributed by atoms with E-state index in [1.54, 1.807) is 6.20 Å². The molecule has 0 amide bonds. The summed E-state index contributed by atoms with van der Waals surface area (Å²) < 4.78 is 5.69. The third-order valence-electron chi connectivity index (χ3n) is 4.35. The standard InChI is InChI=1S/C17H28N2O2/c1-4-12-21-14-6-5-11-18-15(14)19-13-17(20)9-7-16(2,3)8-10-17/h5-6,11,20H,4,7-10,12-13H2,1-3H3,(H,18,19). The summed E-state index contributed by atoms with van der Waals surface area (Å²) in [5, 5.41) is 14.0. The highest BCUT2D eigenvalue weighted by Gasteiger charge is 2.36. The van der Waals surface area contributed by atoms with Gasteiger partial charge < -0.3 is 15.2 Å². The first-order chi connectivity index (χ1) is 9.94. The Morgan fingerprint density at radius 3 is 2.67 bits per heavy atom. The Balaban J connectivity index is 1.94. The van der Waals surface area contributed by atoms with Gasteiger partial charge in [0.05, 0.1) is 12.2 Å². The summed E-state index contributed by atoms with van der Waals surface area (Å²) in [6, 6.07) is 3.78. The van der Waals surface area contributed by atoms with Crippen LogP contribution in [0.2, 0.25) is 0 Å². The van der Waals surface area contributed by atoms with Crippen molar-refractivity contribution in [3.63, 3.8) is 0 Å². The van der Waals surface area contributed by atoms with Crippen molar-refractivity contribution < 1.29 is 9.84 Å². The van der Waals surface area contributed by atoms with Gasteiger partial charge in [-0.25, -0.2) is 4.98 Å². The van der Waals surface area contributed by atoms with Gasteiger partial charge in [-0.1, -0.05) is 20.8 Å². The number of rotatable bonds is 6. The van der Waals surface area contributed by atoms with Gasteiger partial charge in [0.25, 0.3) is 0 Å². The molecule has 4 nitrogen and oxygen atoms in total. The minimum absolute atomic E-state index is 0.354. The second kappa shape index (κ2) is 6.65. The molecule has 0 aromatic carbocycles. The maximum Gasteiger partial charge on any atom is 0.168 e. The Hall–Kier alpha value is -1.29. The molecule has 0 radical (unpaired) electrons. The Kier molecular flexibility index (Phi) is 5.09. The van der Waals surface area contributed by atoms with Crippen molar-refractivity contribution in [2.75, 3.05) is 18.5 Å². The van der Waals surface area contributed by atoms with Crippen molar-refractivity contribution in [1.29, 1.82) is 0 Å². The van der Waals surface area contributed by atoms with Crippen molar-refractivity contribution in [3.8, 4) is 5.75 Å². The van der Waals surface area contributed by atoms with Crippen LogP contribution in [0.5, 0.6) is 5.75 Å². The molecule has 118 valence electrons. The first kappa shape index (κ1) is 16.1. The minimum atomic E-state index is -0.630. The molecule has 0 aliphatic heterocycles. The zero-order chi connectivity index (χ0) is 15.3. The van der Waals surface area contributed by atoms with E-state index in [1.807, 2.05) is 12.1 Å². The summed E-state index contributed by atoms with van der Waals surface area (Å²) >= 11 is 0. The van der Waals surface area contributed by atoms with Crippen molar-refractivity contribution in [1.82, 2.24) is 4.98 Å². The summed E-state index contributed by atoms with van der Waals surface area (Å²) in [6.45, 7) is 7.84. The van der Waals surface area contributed by atoms with Crippen LogP contribution in [0.3, 0.4) is 0 Å². The van der Waals surface area contributed by atoms with Crippen LogP contribution >= 0.6 is 0 Å². The predicted octanol–water partition coefficient (Wildman–Crippen LogP) is 3.61. The Morgan fingerprint density at radius 2 is 2.00 bits per heavy atom. The lowest BCUT2D eigenvalue weighted by molar-refractivity contribution is -0.0146. The van der Waals surface area contributed by atoms with Gasteiger partial charge >= 0.3 is 0 Å². The van der Waals surface area contributed by atoms with Crippen LogP contribution in [0.1, 0.15) is 52.9 Å². The second-order valence-electron chi connectivity index (χ2n) is 6.94. The summed E-state index contributed by atoms with van der Waals surface area (Å²) in [6.07, 6.45) is 6.51. The van der Waals surface area contributed by atoms with E-state index in [9.17, 15) is 5.11 Å². The van der Waals surface area contributed by atoms with Crippen LogP contribution in [-0.4, -0.2) is 28.8 Å². The number of hydrogen-bond donors (Lipinski definition) is 2. The Labute approximate surface area is 127 Å². The smallest absolute Gasteiger partial charge is 0.168 e. The van der Waals surface area contributed by atoms with E-state index >= 15 is 0 Å². The molecule has 1 aliphatic carbocycles. The summed E-state index contributed by atoms with van der Waals surface area (Å²) in [7, 11) is 0. The molecule has 1 saturated carbocycles. The molecule has 0 spiro atoms. The van der Waals surface area contributed by atoms with E-state index < -0.39 is 5.60 Å². The number of nitrogens with one attached hydrogen (secondary N) is 1. The average molecular weight is 292 g/mol. The molecule has 0 bridgehead atoms. The number of ether oxygens (including phenoxy) is 1. The molecule has 1 aliphatic rings. The largest absolute Gasteiger partial charge is 0.490 e. The minimum Gasteiger partial charge on any atom is -0.490 e. The SMILES string of the molecule is CCCOc1cccnc1NCC1(O)CCC(C)(C)CC1. The third kappa shape index (κ3) is 4.60. The van der Waals surface area contributed by atoms with Crippen LogP contribution in [0, 0.1) is 5.41 Å². The van der Waals surface area contributed by atoms with E-state index in [0.717, 1.165) is 43.7 Å². The fourth-order valence-electron chi connectivity index (χ4n) is 2.67. The molecule has 1 fully saturated rings. The molecule has 1 aromatic rings. The van der Waals surface area contributed by atoms with E-state index in [0.29, 0.717) is 18.6 Å². The van der Waals surface area contributed by atoms with E-state index in [1.165, 1.54) is 0 Å². The summed E-state index contributed by atoms with van der Waals surface area (Å²) in [4.78, 5) is 4.33. The zero-order valence-corrected chi connectivity index (χ0v) is 13.5. The van der Waals surface area contributed by atoms with Gasteiger partial charge in [-0.3, -0.25) is 0 Å². The van der Waals surface area contributed by atoms with Crippen LogP contribution in [0.15, 0.2) is 18.3 Å². The van der Waals surface area contributed by atoms with Crippen molar-refractivity contribution in [2.45, 2.75) is 58.5 Å². The van der Waals surface area contributed by atoms with Crippen LogP contribution in [-0.2, 0) is 0 Å². The number of anilines is 1.